The average molecular weight is 676 g/mol. The van der Waals surface area contributed by atoms with Gasteiger partial charge in [0.05, 0.1) is 17.7 Å². The molecule has 0 saturated carbocycles. The molecular formula is C36H38FN3O7S. The van der Waals surface area contributed by atoms with Gasteiger partial charge in [0, 0.05) is 25.6 Å². The number of anilines is 1. The van der Waals surface area contributed by atoms with E-state index in [0.29, 0.717) is 36.6 Å². The Morgan fingerprint density at radius 2 is 1.60 bits per heavy atom. The van der Waals surface area contributed by atoms with E-state index in [2.05, 4.69) is 5.32 Å². The lowest BCUT2D eigenvalue weighted by Crippen LogP contribution is -2.53. The molecule has 1 N–H and O–H groups in total. The van der Waals surface area contributed by atoms with E-state index in [-0.39, 0.29) is 41.8 Å². The molecule has 48 heavy (non-hydrogen) atoms. The third kappa shape index (κ3) is 8.24. The maximum absolute atomic E-state index is 14.6. The first-order valence-corrected chi connectivity index (χ1v) is 17.1. The number of nitrogens with zero attached hydrogens (tertiary/aromatic N) is 2. The number of benzene rings is 4. The van der Waals surface area contributed by atoms with E-state index in [4.69, 9.17) is 14.2 Å². The first-order chi connectivity index (χ1) is 23.2. The Hall–Kier alpha value is -5.10. The third-order valence-corrected chi connectivity index (χ3v) is 9.57. The molecule has 5 rings (SSSR count). The first kappa shape index (κ1) is 34.2. The van der Waals surface area contributed by atoms with Crippen molar-refractivity contribution in [2.45, 2.75) is 37.2 Å². The molecule has 4 aromatic carbocycles. The van der Waals surface area contributed by atoms with Crippen molar-refractivity contribution in [1.29, 1.82) is 0 Å². The number of hydrogen-bond acceptors (Lipinski definition) is 7. The molecule has 0 unspecified atom stereocenters. The van der Waals surface area contributed by atoms with Gasteiger partial charge in [0.1, 0.15) is 37.4 Å². The van der Waals surface area contributed by atoms with Gasteiger partial charge in [-0.2, -0.15) is 0 Å². The Labute approximate surface area is 280 Å². The van der Waals surface area contributed by atoms with Crippen LogP contribution in [0, 0.1) is 5.82 Å². The van der Waals surface area contributed by atoms with Crippen LogP contribution in [0.2, 0.25) is 0 Å². The van der Waals surface area contributed by atoms with E-state index in [9.17, 15) is 22.4 Å². The standard InChI is InChI=1S/C36H38FN3O7S/c1-3-18-38-36(42)32(22-26-8-5-4-6-9-26)39(24-27-10-7-11-30(21-27)45-2)35(41)25-40(29-14-12-28(37)13-15-29)48(43,44)31-16-17-33-34(23-31)47-20-19-46-33/h4-17,21,23,32H,3,18-20,22,24-25H2,1-2H3,(H,38,42)/t32-/m0/s1. The predicted octanol–water partition coefficient (Wildman–Crippen LogP) is 4.97. The molecule has 0 aromatic heterocycles. The molecule has 1 aliphatic rings. The number of carbonyl (C=O) groups is 2. The lowest BCUT2D eigenvalue weighted by Gasteiger charge is -2.34. The van der Waals surface area contributed by atoms with Gasteiger partial charge in [-0.25, -0.2) is 12.8 Å². The second-order valence-electron chi connectivity index (χ2n) is 11.2. The maximum Gasteiger partial charge on any atom is 0.264 e. The Balaban J connectivity index is 1.57. The second-order valence-corrected chi connectivity index (χ2v) is 13.0. The van der Waals surface area contributed by atoms with Crippen LogP contribution in [0.1, 0.15) is 24.5 Å². The molecule has 0 fully saturated rings. The zero-order valence-electron chi connectivity index (χ0n) is 26.8. The molecule has 0 bridgehead atoms. The summed E-state index contributed by atoms with van der Waals surface area (Å²) < 4.78 is 60.1. The molecule has 12 heteroatoms. The van der Waals surface area contributed by atoms with Gasteiger partial charge in [0.15, 0.2) is 11.5 Å². The van der Waals surface area contributed by atoms with E-state index < -0.39 is 34.3 Å². The molecule has 1 aliphatic heterocycles. The van der Waals surface area contributed by atoms with Crippen LogP contribution < -0.4 is 23.8 Å². The number of ether oxygens (including phenoxy) is 3. The van der Waals surface area contributed by atoms with Crippen LogP contribution in [-0.2, 0) is 32.6 Å². The molecule has 1 heterocycles. The summed E-state index contributed by atoms with van der Waals surface area (Å²) in [5, 5.41) is 2.92. The highest BCUT2D eigenvalue weighted by Crippen LogP contribution is 2.34. The van der Waals surface area contributed by atoms with Gasteiger partial charge in [-0.3, -0.25) is 13.9 Å². The van der Waals surface area contributed by atoms with Gasteiger partial charge in [0.25, 0.3) is 10.0 Å². The van der Waals surface area contributed by atoms with Crippen LogP contribution in [0.5, 0.6) is 17.2 Å². The van der Waals surface area contributed by atoms with Gasteiger partial charge in [-0.05, 0) is 66.1 Å². The number of rotatable bonds is 14. The minimum Gasteiger partial charge on any atom is -0.497 e. The summed E-state index contributed by atoms with van der Waals surface area (Å²) in [4.78, 5) is 29.6. The topological polar surface area (TPSA) is 114 Å². The largest absolute Gasteiger partial charge is 0.497 e. The highest BCUT2D eigenvalue weighted by molar-refractivity contribution is 7.92. The minimum atomic E-state index is -4.42. The monoisotopic (exact) mass is 675 g/mol. The van der Waals surface area contributed by atoms with E-state index in [0.717, 1.165) is 22.0 Å². The SMILES string of the molecule is CCCNC(=O)[C@H](Cc1ccccc1)N(Cc1cccc(OC)c1)C(=O)CN(c1ccc(F)cc1)S(=O)(=O)c1ccc2c(c1)OCCO2. The first-order valence-electron chi connectivity index (χ1n) is 15.6. The van der Waals surface area contributed by atoms with E-state index in [1.165, 1.54) is 42.3 Å². The highest BCUT2D eigenvalue weighted by atomic mass is 32.2. The lowest BCUT2D eigenvalue weighted by atomic mass is 10.0. The van der Waals surface area contributed by atoms with Crippen molar-refractivity contribution in [2.24, 2.45) is 0 Å². The number of hydrogen-bond donors (Lipinski definition) is 1. The molecule has 0 radical (unpaired) electrons. The number of halogens is 1. The summed E-state index contributed by atoms with van der Waals surface area (Å²) >= 11 is 0. The predicted molar refractivity (Wildman–Crippen MR) is 179 cm³/mol. The molecule has 0 spiro atoms. The summed E-state index contributed by atoms with van der Waals surface area (Å²) in [5.41, 5.74) is 1.56. The molecule has 0 aliphatic carbocycles. The van der Waals surface area contributed by atoms with Crippen LogP contribution in [0.3, 0.4) is 0 Å². The molecular weight excluding hydrogens is 637 g/mol. The van der Waals surface area contributed by atoms with Crippen molar-refractivity contribution in [2.75, 3.05) is 37.7 Å². The number of fused-ring (bicyclic) bond motifs is 1. The van der Waals surface area contributed by atoms with Gasteiger partial charge in [-0.15, -0.1) is 0 Å². The van der Waals surface area contributed by atoms with Crippen LogP contribution in [-0.4, -0.2) is 64.6 Å². The van der Waals surface area contributed by atoms with Gasteiger partial charge >= 0.3 is 0 Å². The Bertz CT molecular complexity index is 1820. The zero-order chi connectivity index (χ0) is 34.1. The number of carbonyl (C=O) groups excluding carboxylic acids is 2. The van der Waals surface area contributed by atoms with Crippen LogP contribution in [0.4, 0.5) is 10.1 Å². The summed E-state index contributed by atoms with van der Waals surface area (Å²) in [6.07, 6.45) is 0.858. The molecule has 10 nitrogen and oxygen atoms in total. The fourth-order valence-electron chi connectivity index (χ4n) is 5.33. The Morgan fingerprint density at radius 3 is 2.31 bits per heavy atom. The van der Waals surface area contributed by atoms with E-state index in [1.54, 1.807) is 24.3 Å². The van der Waals surface area contributed by atoms with Gasteiger partial charge in [-0.1, -0.05) is 49.4 Å². The maximum atomic E-state index is 14.6. The quantitative estimate of drug-likeness (QED) is 0.201. The fourth-order valence-corrected chi connectivity index (χ4v) is 6.77. The summed E-state index contributed by atoms with van der Waals surface area (Å²) in [5.74, 6) is -0.379. The lowest BCUT2D eigenvalue weighted by molar-refractivity contribution is -0.140. The molecule has 2 amide bonds. The summed E-state index contributed by atoms with van der Waals surface area (Å²) in [6, 6.07) is 24.4. The smallest absolute Gasteiger partial charge is 0.264 e. The zero-order valence-corrected chi connectivity index (χ0v) is 27.6. The second kappa shape index (κ2) is 15.7. The van der Waals surface area contributed by atoms with Crippen LogP contribution in [0.15, 0.2) is 102 Å². The van der Waals surface area contributed by atoms with Crippen molar-refractivity contribution in [3.05, 3.63) is 114 Å². The van der Waals surface area contributed by atoms with Gasteiger partial charge < -0.3 is 24.4 Å². The Kier molecular flexibility index (Phi) is 11.2. The number of methoxy groups -OCH3 is 1. The minimum absolute atomic E-state index is 0.0194. The van der Waals surface area contributed by atoms with E-state index >= 15 is 0 Å². The normalized spacial score (nSPS) is 12.9. The summed E-state index contributed by atoms with van der Waals surface area (Å²) in [7, 11) is -2.89. The Morgan fingerprint density at radius 1 is 0.896 bits per heavy atom. The molecule has 252 valence electrons. The number of amides is 2. The number of sulfonamides is 1. The van der Waals surface area contributed by atoms with Crippen molar-refractivity contribution in [1.82, 2.24) is 10.2 Å². The van der Waals surface area contributed by atoms with Crippen LogP contribution in [0.25, 0.3) is 0 Å². The van der Waals surface area contributed by atoms with Gasteiger partial charge in [0.2, 0.25) is 11.8 Å². The fraction of sp³-hybridized carbons (Fsp3) is 0.278. The van der Waals surface area contributed by atoms with Crippen molar-refractivity contribution in [3.8, 4) is 17.2 Å². The van der Waals surface area contributed by atoms with Crippen molar-refractivity contribution < 1.29 is 36.6 Å². The molecule has 0 saturated heterocycles. The van der Waals surface area contributed by atoms with Crippen molar-refractivity contribution in [3.63, 3.8) is 0 Å². The average Bonchev–Trinajstić information content (AvgIpc) is 3.11. The molecule has 1 atom stereocenters. The van der Waals surface area contributed by atoms with Crippen LogP contribution >= 0.6 is 0 Å². The van der Waals surface area contributed by atoms with Crippen molar-refractivity contribution >= 4 is 27.5 Å². The highest BCUT2D eigenvalue weighted by Gasteiger charge is 2.35. The summed E-state index contributed by atoms with van der Waals surface area (Å²) in [6.45, 7) is 2.20. The third-order valence-electron chi connectivity index (χ3n) is 7.80. The molecule has 4 aromatic rings. The van der Waals surface area contributed by atoms with E-state index in [1.807, 2.05) is 37.3 Å². The number of nitrogens with one attached hydrogen (secondary N) is 1.